The topological polar surface area (TPSA) is 32.7 Å². The summed E-state index contributed by atoms with van der Waals surface area (Å²) in [6, 6.07) is 5.40. The number of phenols is 1. The maximum Gasteiger partial charge on any atom is 0.125 e. The van der Waals surface area contributed by atoms with Crippen molar-refractivity contribution in [2.24, 2.45) is 0 Å². The molecule has 88 valence electrons. The van der Waals surface area contributed by atoms with Crippen molar-refractivity contribution >= 4 is 0 Å². The summed E-state index contributed by atoms with van der Waals surface area (Å²) in [6.45, 7) is 5.95. The maximum absolute atomic E-state index is 9.52. The Bertz CT molecular complexity index is 346. The summed E-state index contributed by atoms with van der Waals surface area (Å²) in [5, 5.41) is 9.52. The molecule has 3 heteroatoms. The number of ether oxygens (including phenoxy) is 1. The summed E-state index contributed by atoms with van der Waals surface area (Å²) >= 11 is 0. The third-order valence-corrected chi connectivity index (χ3v) is 3.12. The molecule has 0 aromatic heterocycles. The van der Waals surface area contributed by atoms with Crippen LogP contribution in [-0.4, -0.2) is 36.2 Å². The third kappa shape index (κ3) is 2.67. The van der Waals surface area contributed by atoms with Crippen LogP contribution in [0.2, 0.25) is 0 Å². The van der Waals surface area contributed by atoms with Gasteiger partial charge in [0.15, 0.2) is 0 Å². The normalized spacial score (nSPS) is 16.6. The van der Waals surface area contributed by atoms with Crippen LogP contribution in [0.15, 0.2) is 18.2 Å². The minimum absolute atomic E-state index is 0.304. The number of nitrogens with zero attached hydrogens (tertiary/aromatic N) is 1. The first-order chi connectivity index (χ1) is 7.77. The van der Waals surface area contributed by atoms with Crippen molar-refractivity contribution in [3.8, 4) is 11.5 Å². The summed E-state index contributed by atoms with van der Waals surface area (Å²) < 4.78 is 5.68. The average Bonchev–Trinajstić information content (AvgIpc) is 2.77. The molecule has 0 aliphatic carbocycles. The molecule has 0 radical (unpaired) electrons. The zero-order chi connectivity index (χ0) is 11.4. The maximum atomic E-state index is 9.52. The van der Waals surface area contributed by atoms with Crippen LogP contribution < -0.4 is 4.74 Å². The molecule has 0 spiro atoms. The van der Waals surface area contributed by atoms with Crippen molar-refractivity contribution < 1.29 is 9.84 Å². The number of benzene rings is 1. The molecule has 1 aliphatic rings. The van der Waals surface area contributed by atoms with E-state index in [1.165, 1.54) is 25.9 Å². The van der Waals surface area contributed by atoms with E-state index in [2.05, 4.69) is 4.90 Å². The van der Waals surface area contributed by atoms with Crippen molar-refractivity contribution in [2.75, 3.05) is 26.2 Å². The van der Waals surface area contributed by atoms with E-state index in [9.17, 15) is 5.11 Å². The molecule has 1 saturated heterocycles. The SMILES string of the molecule is Cc1c(O)cccc1OCCN1CCCC1. The van der Waals surface area contributed by atoms with E-state index < -0.39 is 0 Å². The van der Waals surface area contributed by atoms with Crippen LogP contribution in [0.1, 0.15) is 18.4 Å². The highest BCUT2D eigenvalue weighted by molar-refractivity contribution is 5.42. The van der Waals surface area contributed by atoms with Crippen molar-refractivity contribution in [3.63, 3.8) is 0 Å². The highest BCUT2D eigenvalue weighted by atomic mass is 16.5. The van der Waals surface area contributed by atoms with Gasteiger partial charge in [0.05, 0.1) is 0 Å². The Hall–Kier alpha value is -1.22. The molecule has 0 amide bonds. The number of hydrogen-bond acceptors (Lipinski definition) is 3. The second-order valence-corrected chi connectivity index (χ2v) is 4.30. The lowest BCUT2D eigenvalue weighted by molar-refractivity contribution is 0.236. The van der Waals surface area contributed by atoms with Crippen LogP contribution >= 0.6 is 0 Å². The van der Waals surface area contributed by atoms with E-state index in [1.807, 2.05) is 19.1 Å². The van der Waals surface area contributed by atoms with E-state index in [0.717, 1.165) is 17.9 Å². The van der Waals surface area contributed by atoms with Gasteiger partial charge >= 0.3 is 0 Å². The third-order valence-electron chi connectivity index (χ3n) is 3.12. The van der Waals surface area contributed by atoms with Crippen LogP contribution in [0.25, 0.3) is 0 Å². The second kappa shape index (κ2) is 5.21. The first-order valence-electron chi connectivity index (χ1n) is 5.91. The molecule has 1 fully saturated rings. The van der Waals surface area contributed by atoms with E-state index in [-0.39, 0.29) is 0 Å². The summed E-state index contributed by atoms with van der Waals surface area (Å²) in [6.07, 6.45) is 2.62. The Kier molecular flexibility index (Phi) is 3.67. The Morgan fingerprint density at radius 3 is 2.81 bits per heavy atom. The molecular weight excluding hydrogens is 202 g/mol. The monoisotopic (exact) mass is 221 g/mol. The molecule has 1 aromatic carbocycles. The van der Waals surface area contributed by atoms with Crippen LogP contribution in [0.3, 0.4) is 0 Å². The fourth-order valence-corrected chi connectivity index (χ4v) is 2.05. The van der Waals surface area contributed by atoms with E-state index >= 15 is 0 Å². The van der Waals surface area contributed by atoms with Gasteiger partial charge in [-0.3, -0.25) is 4.90 Å². The van der Waals surface area contributed by atoms with Gasteiger partial charge in [0.1, 0.15) is 18.1 Å². The van der Waals surface area contributed by atoms with E-state index in [4.69, 9.17) is 4.74 Å². The van der Waals surface area contributed by atoms with Gasteiger partial charge in [0, 0.05) is 12.1 Å². The zero-order valence-electron chi connectivity index (χ0n) is 9.78. The number of phenolic OH excluding ortho intramolecular Hbond substituents is 1. The molecule has 3 nitrogen and oxygen atoms in total. The van der Waals surface area contributed by atoms with Gasteiger partial charge in [-0.25, -0.2) is 0 Å². The lowest BCUT2D eigenvalue weighted by atomic mass is 10.2. The van der Waals surface area contributed by atoms with Crippen molar-refractivity contribution in [2.45, 2.75) is 19.8 Å². The largest absolute Gasteiger partial charge is 0.508 e. The molecule has 0 atom stereocenters. The molecule has 1 N–H and O–H groups in total. The Morgan fingerprint density at radius 1 is 1.31 bits per heavy atom. The Balaban J connectivity index is 1.82. The van der Waals surface area contributed by atoms with Crippen molar-refractivity contribution in [3.05, 3.63) is 23.8 Å². The zero-order valence-corrected chi connectivity index (χ0v) is 9.78. The first kappa shape index (κ1) is 11.3. The van der Waals surface area contributed by atoms with Crippen molar-refractivity contribution in [1.29, 1.82) is 0 Å². The van der Waals surface area contributed by atoms with Crippen LogP contribution in [0.4, 0.5) is 0 Å². The predicted octanol–water partition coefficient (Wildman–Crippen LogP) is 2.18. The Morgan fingerprint density at radius 2 is 2.06 bits per heavy atom. The molecule has 2 rings (SSSR count). The lowest BCUT2D eigenvalue weighted by Gasteiger charge is -2.16. The molecule has 1 aromatic rings. The van der Waals surface area contributed by atoms with Gasteiger partial charge in [-0.1, -0.05) is 6.07 Å². The highest BCUT2D eigenvalue weighted by Crippen LogP contribution is 2.25. The van der Waals surface area contributed by atoms with E-state index in [0.29, 0.717) is 12.4 Å². The molecule has 1 heterocycles. The first-order valence-corrected chi connectivity index (χ1v) is 5.91. The van der Waals surface area contributed by atoms with Gasteiger partial charge in [-0.2, -0.15) is 0 Å². The molecule has 0 unspecified atom stereocenters. The van der Waals surface area contributed by atoms with Gasteiger partial charge in [0.2, 0.25) is 0 Å². The summed E-state index contributed by atoms with van der Waals surface area (Å²) in [4.78, 5) is 2.41. The Labute approximate surface area is 96.6 Å². The minimum Gasteiger partial charge on any atom is -0.508 e. The summed E-state index contributed by atoms with van der Waals surface area (Å²) in [5.41, 5.74) is 0.823. The number of rotatable bonds is 4. The van der Waals surface area contributed by atoms with Gasteiger partial charge in [-0.05, 0) is 45.0 Å². The average molecular weight is 221 g/mol. The number of aromatic hydroxyl groups is 1. The second-order valence-electron chi connectivity index (χ2n) is 4.30. The van der Waals surface area contributed by atoms with Crippen LogP contribution in [0, 0.1) is 6.92 Å². The van der Waals surface area contributed by atoms with E-state index in [1.54, 1.807) is 6.07 Å². The van der Waals surface area contributed by atoms with Gasteiger partial charge < -0.3 is 9.84 Å². The lowest BCUT2D eigenvalue weighted by Crippen LogP contribution is -2.25. The molecular formula is C13H19NO2. The number of likely N-dealkylation sites (tertiary alicyclic amines) is 1. The minimum atomic E-state index is 0.304. The smallest absolute Gasteiger partial charge is 0.125 e. The van der Waals surface area contributed by atoms with Crippen LogP contribution in [0.5, 0.6) is 11.5 Å². The fourth-order valence-electron chi connectivity index (χ4n) is 2.05. The van der Waals surface area contributed by atoms with Crippen molar-refractivity contribution in [1.82, 2.24) is 4.90 Å². The fraction of sp³-hybridized carbons (Fsp3) is 0.538. The molecule has 0 bridgehead atoms. The highest BCUT2D eigenvalue weighted by Gasteiger charge is 2.11. The summed E-state index contributed by atoms with van der Waals surface area (Å²) in [7, 11) is 0. The summed E-state index contributed by atoms with van der Waals surface area (Å²) in [5.74, 6) is 1.10. The predicted molar refractivity (Wildman–Crippen MR) is 64.0 cm³/mol. The van der Waals surface area contributed by atoms with Gasteiger partial charge in [-0.15, -0.1) is 0 Å². The quantitative estimate of drug-likeness (QED) is 0.845. The molecule has 1 aliphatic heterocycles. The van der Waals surface area contributed by atoms with Gasteiger partial charge in [0.25, 0.3) is 0 Å². The molecule has 0 saturated carbocycles. The van der Waals surface area contributed by atoms with Crippen LogP contribution in [-0.2, 0) is 0 Å². The standard InChI is InChI=1S/C13H19NO2/c1-11-12(15)5-4-6-13(11)16-10-9-14-7-2-3-8-14/h4-6,15H,2-3,7-10H2,1H3. The number of hydrogen-bond donors (Lipinski definition) is 1. The molecule has 16 heavy (non-hydrogen) atoms.